The van der Waals surface area contributed by atoms with E-state index in [0.29, 0.717) is 10.6 Å². The fourth-order valence-corrected chi connectivity index (χ4v) is 3.16. The molecule has 0 amide bonds. The molecule has 5 nitrogen and oxygen atoms in total. The minimum Gasteiger partial charge on any atom is -0.465 e. The van der Waals surface area contributed by atoms with E-state index in [1.54, 1.807) is 7.11 Å². The maximum absolute atomic E-state index is 11.5. The number of hydrogen-bond acceptors (Lipinski definition) is 6. The quantitative estimate of drug-likeness (QED) is 0.847. The number of methoxy groups -OCH3 is 2. The Bertz CT molecular complexity index is 433. The van der Waals surface area contributed by atoms with Crippen molar-refractivity contribution in [2.75, 3.05) is 37.9 Å². The van der Waals surface area contributed by atoms with E-state index in [2.05, 4.69) is 4.90 Å². The molecule has 0 aliphatic carbocycles. The van der Waals surface area contributed by atoms with Gasteiger partial charge in [-0.05, 0) is 18.9 Å². The van der Waals surface area contributed by atoms with Crippen LogP contribution in [0.3, 0.4) is 0 Å². The van der Waals surface area contributed by atoms with Crippen molar-refractivity contribution >= 4 is 28.0 Å². The lowest BCUT2D eigenvalue weighted by molar-refractivity contribution is 0.0607. The van der Waals surface area contributed by atoms with Gasteiger partial charge in [0.1, 0.15) is 4.88 Å². The molecule has 1 aliphatic heterocycles. The van der Waals surface area contributed by atoms with Crippen molar-refractivity contribution in [2.45, 2.75) is 18.9 Å². The van der Waals surface area contributed by atoms with Crippen LogP contribution < -0.4 is 10.6 Å². The van der Waals surface area contributed by atoms with Crippen LogP contribution in [0.25, 0.3) is 0 Å². The molecule has 0 spiro atoms. The molecular formula is C12H18N2O3S. The van der Waals surface area contributed by atoms with Gasteiger partial charge in [-0.15, -0.1) is 11.3 Å². The Morgan fingerprint density at radius 3 is 3.00 bits per heavy atom. The summed E-state index contributed by atoms with van der Waals surface area (Å²) in [6.07, 6.45) is 2.42. The Hall–Kier alpha value is -1.27. The zero-order valence-electron chi connectivity index (χ0n) is 10.6. The van der Waals surface area contributed by atoms with Gasteiger partial charge in [0.2, 0.25) is 0 Å². The molecule has 0 saturated carbocycles. The highest BCUT2D eigenvalue weighted by Crippen LogP contribution is 2.34. The molecule has 1 aromatic rings. The van der Waals surface area contributed by atoms with Crippen LogP contribution >= 0.6 is 11.3 Å². The van der Waals surface area contributed by atoms with Gasteiger partial charge < -0.3 is 20.1 Å². The average Bonchev–Trinajstić information content (AvgIpc) is 2.80. The maximum atomic E-state index is 11.5. The molecule has 1 atom stereocenters. The Labute approximate surface area is 110 Å². The third-order valence-electron chi connectivity index (χ3n) is 3.14. The highest BCUT2D eigenvalue weighted by atomic mass is 32.1. The molecule has 0 radical (unpaired) electrons. The lowest BCUT2D eigenvalue weighted by Gasteiger charge is -2.32. The summed E-state index contributed by atoms with van der Waals surface area (Å²) in [5.41, 5.74) is 6.33. The Kier molecular flexibility index (Phi) is 4.08. The summed E-state index contributed by atoms with van der Waals surface area (Å²) < 4.78 is 10.1. The van der Waals surface area contributed by atoms with Gasteiger partial charge in [-0.25, -0.2) is 4.79 Å². The topological polar surface area (TPSA) is 64.8 Å². The molecule has 1 fully saturated rings. The Morgan fingerprint density at radius 2 is 2.33 bits per heavy atom. The van der Waals surface area contributed by atoms with Gasteiger partial charge in [0.15, 0.2) is 0 Å². The van der Waals surface area contributed by atoms with E-state index in [1.165, 1.54) is 18.4 Å². The standard InChI is InChI=1S/C12H18N2O3S/c1-16-8-4-3-5-14(7-8)10-6-9(13)11(18-10)12(15)17-2/h6,8H,3-5,7,13H2,1-2H3. The van der Waals surface area contributed by atoms with Gasteiger partial charge in [0.25, 0.3) is 0 Å². The van der Waals surface area contributed by atoms with Crippen molar-refractivity contribution in [3.05, 3.63) is 10.9 Å². The number of anilines is 2. The summed E-state index contributed by atoms with van der Waals surface area (Å²) in [5, 5.41) is 1.01. The summed E-state index contributed by atoms with van der Waals surface area (Å²) in [5.74, 6) is -0.371. The summed E-state index contributed by atoms with van der Waals surface area (Å²) in [6.45, 7) is 1.82. The summed E-state index contributed by atoms with van der Waals surface area (Å²) in [4.78, 5) is 14.2. The predicted molar refractivity (Wildman–Crippen MR) is 72.3 cm³/mol. The van der Waals surface area contributed by atoms with E-state index in [1.807, 2.05) is 6.07 Å². The summed E-state index contributed by atoms with van der Waals surface area (Å²) >= 11 is 1.38. The number of ether oxygens (including phenoxy) is 2. The number of piperidine rings is 1. The number of nitrogen functional groups attached to an aromatic ring is 1. The zero-order valence-corrected chi connectivity index (χ0v) is 11.5. The number of nitrogens with zero attached hydrogens (tertiary/aromatic N) is 1. The van der Waals surface area contributed by atoms with E-state index in [-0.39, 0.29) is 12.1 Å². The molecule has 1 unspecified atom stereocenters. The first kappa shape index (κ1) is 13.2. The minimum absolute atomic E-state index is 0.253. The van der Waals surface area contributed by atoms with Crippen LogP contribution in [0.2, 0.25) is 0 Å². The molecule has 6 heteroatoms. The second-order valence-corrected chi connectivity index (χ2v) is 5.34. The van der Waals surface area contributed by atoms with Crippen molar-refractivity contribution in [3.63, 3.8) is 0 Å². The second kappa shape index (κ2) is 5.58. The largest absolute Gasteiger partial charge is 0.465 e. The highest BCUT2D eigenvalue weighted by Gasteiger charge is 2.23. The SMILES string of the molecule is COC(=O)c1sc(N2CCCC(OC)C2)cc1N. The Balaban J connectivity index is 2.16. The van der Waals surface area contributed by atoms with Crippen molar-refractivity contribution in [3.8, 4) is 0 Å². The third kappa shape index (κ3) is 2.59. The molecule has 18 heavy (non-hydrogen) atoms. The lowest BCUT2D eigenvalue weighted by Crippen LogP contribution is -2.38. The van der Waals surface area contributed by atoms with Gasteiger partial charge in [-0.3, -0.25) is 0 Å². The molecule has 1 aliphatic rings. The number of rotatable bonds is 3. The van der Waals surface area contributed by atoms with Gasteiger partial charge in [0.05, 0.1) is 23.9 Å². The van der Waals surface area contributed by atoms with Crippen LogP contribution in [0.5, 0.6) is 0 Å². The number of esters is 1. The summed E-state index contributed by atoms with van der Waals surface area (Å²) in [7, 11) is 3.10. The lowest BCUT2D eigenvalue weighted by atomic mass is 10.1. The molecule has 1 saturated heterocycles. The second-order valence-electron chi connectivity index (χ2n) is 4.31. The van der Waals surface area contributed by atoms with E-state index in [4.69, 9.17) is 15.2 Å². The molecule has 0 bridgehead atoms. The zero-order chi connectivity index (χ0) is 13.1. The first-order valence-corrected chi connectivity index (χ1v) is 6.72. The van der Waals surface area contributed by atoms with Crippen LogP contribution in [0.1, 0.15) is 22.5 Å². The fourth-order valence-electron chi connectivity index (χ4n) is 2.13. The maximum Gasteiger partial charge on any atom is 0.350 e. The molecule has 2 rings (SSSR count). The number of carbonyl (C=O) groups is 1. The average molecular weight is 270 g/mol. The number of hydrogen-bond donors (Lipinski definition) is 1. The van der Waals surface area contributed by atoms with E-state index < -0.39 is 0 Å². The van der Waals surface area contributed by atoms with Gasteiger partial charge in [-0.2, -0.15) is 0 Å². The number of carbonyl (C=O) groups excluding carboxylic acids is 1. The molecule has 2 N–H and O–H groups in total. The van der Waals surface area contributed by atoms with Crippen molar-refractivity contribution < 1.29 is 14.3 Å². The normalized spacial score (nSPS) is 19.9. The predicted octanol–water partition coefficient (Wildman–Crippen LogP) is 1.73. The first-order valence-electron chi connectivity index (χ1n) is 5.91. The van der Waals surface area contributed by atoms with Gasteiger partial charge in [-0.1, -0.05) is 0 Å². The minimum atomic E-state index is -0.371. The van der Waals surface area contributed by atoms with Crippen LogP contribution in [0.15, 0.2) is 6.07 Å². The van der Waals surface area contributed by atoms with Gasteiger partial charge >= 0.3 is 5.97 Å². The van der Waals surface area contributed by atoms with Crippen molar-refractivity contribution in [2.24, 2.45) is 0 Å². The molecule has 1 aromatic heterocycles. The van der Waals surface area contributed by atoms with Crippen LogP contribution in [-0.4, -0.2) is 39.4 Å². The van der Waals surface area contributed by atoms with E-state index in [0.717, 1.165) is 30.9 Å². The smallest absolute Gasteiger partial charge is 0.350 e. The first-order chi connectivity index (χ1) is 8.65. The number of thiophene rings is 1. The van der Waals surface area contributed by atoms with Gasteiger partial charge in [0, 0.05) is 20.2 Å². The van der Waals surface area contributed by atoms with Crippen molar-refractivity contribution in [1.82, 2.24) is 0 Å². The summed E-state index contributed by atoms with van der Waals surface area (Å²) in [6, 6.07) is 1.84. The fraction of sp³-hybridized carbons (Fsp3) is 0.583. The van der Waals surface area contributed by atoms with Crippen LogP contribution in [0.4, 0.5) is 10.7 Å². The van der Waals surface area contributed by atoms with Crippen molar-refractivity contribution in [1.29, 1.82) is 0 Å². The Morgan fingerprint density at radius 1 is 1.56 bits per heavy atom. The van der Waals surface area contributed by atoms with Crippen LogP contribution in [-0.2, 0) is 9.47 Å². The molecule has 0 aromatic carbocycles. The monoisotopic (exact) mass is 270 g/mol. The van der Waals surface area contributed by atoms with E-state index in [9.17, 15) is 4.79 Å². The number of nitrogens with two attached hydrogens (primary N) is 1. The third-order valence-corrected chi connectivity index (χ3v) is 4.33. The highest BCUT2D eigenvalue weighted by molar-refractivity contribution is 7.18. The van der Waals surface area contributed by atoms with Crippen LogP contribution in [0, 0.1) is 0 Å². The molecular weight excluding hydrogens is 252 g/mol. The van der Waals surface area contributed by atoms with E-state index >= 15 is 0 Å². The molecule has 100 valence electrons. The molecule has 2 heterocycles.